The number of rotatable bonds is 1. The van der Waals surface area contributed by atoms with Crippen molar-refractivity contribution in [3.8, 4) is 0 Å². The van der Waals surface area contributed by atoms with Crippen LogP contribution >= 0.6 is 0 Å². The Morgan fingerprint density at radius 2 is 2.36 bits per heavy atom. The topological polar surface area (TPSA) is 9.23 Å². The van der Waals surface area contributed by atoms with Gasteiger partial charge in [-0.3, -0.25) is 0 Å². The summed E-state index contributed by atoms with van der Waals surface area (Å²) in [7, 11) is 1.75. The molecule has 0 heterocycles. The van der Waals surface area contributed by atoms with Gasteiger partial charge in [0.15, 0.2) is 0 Å². The second-order valence-electron chi connectivity index (χ2n) is 3.34. The van der Waals surface area contributed by atoms with Crippen molar-refractivity contribution in [1.29, 1.82) is 0 Å². The molecule has 2 aliphatic carbocycles. The van der Waals surface area contributed by atoms with E-state index >= 15 is 0 Å². The highest BCUT2D eigenvalue weighted by molar-refractivity contribution is 5.32. The fourth-order valence-corrected chi connectivity index (χ4v) is 1.99. The fraction of sp³-hybridized carbons (Fsp3) is 0.600. The minimum atomic E-state index is 0.721. The predicted octanol–water partition coefficient (Wildman–Crippen LogP) is 2.65. The van der Waals surface area contributed by atoms with E-state index in [4.69, 9.17) is 4.74 Å². The van der Waals surface area contributed by atoms with Gasteiger partial charge >= 0.3 is 0 Å². The fourth-order valence-electron chi connectivity index (χ4n) is 1.99. The van der Waals surface area contributed by atoms with Gasteiger partial charge in [-0.25, -0.2) is 0 Å². The highest BCUT2D eigenvalue weighted by Gasteiger charge is 2.21. The molecule has 0 aromatic carbocycles. The van der Waals surface area contributed by atoms with Crippen LogP contribution in [0.2, 0.25) is 0 Å². The average Bonchev–Trinajstić information content (AvgIpc) is 2.46. The van der Waals surface area contributed by atoms with Crippen LogP contribution in [0, 0.1) is 5.92 Å². The molecule has 0 bridgehead atoms. The molecule has 1 saturated carbocycles. The third-order valence-electron chi connectivity index (χ3n) is 2.64. The first kappa shape index (κ1) is 6.96. The van der Waals surface area contributed by atoms with Crippen LogP contribution in [-0.2, 0) is 4.74 Å². The van der Waals surface area contributed by atoms with E-state index in [9.17, 15) is 0 Å². The molecule has 2 aliphatic rings. The molecule has 60 valence electrons. The average molecular weight is 150 g/mol. The lowest BCUT2D eigenvalue weighted by Gasteiger charge is -2.18. The van der Waals surface area contributed by atoms with Gasteiger partial charge in [0.2, 0.25) is 0 Å². The van der Waals surface area contributed by atoms with Crippen LogP contribution in [0.5, 0.6) is 0 Å². The molecule has 11 heavy (non-hydrogen) atoms. The zero-order valence-corrected chi connectivity index (χ0v) is 6.97. The first-order valence-electron chi connectivity index (χ1n) is 4.36. The number of allylic oxidation sites excluding steroid dienone is 3. The molecule has 1 heteroatoms. The summed E-state index contributed by atoms with van der Waals surface area (Å²) in [6.45, 7) is 0. The molecular weight excluding hydrogens is 136 g/mol. The summed E-state index contributed by atoms with van der Waals surface area (Å²) in [4.78, 5) is 0. The van der Waals surface area contributed by atoms with Crippen molar-refractivity contribution in [2.24, 2.45) is 5.92 Å². The van der Waals surface area contributed by atoms with Gasteiger partial charge in [0.25, 0.3) is 0 Å². The van der Waals surface area contributed by atoms with Crippen LogP contribution in [0.1, 0.15) is 25.7 Å². The van der Waals surface area contributed by atoms with Gasteiger partial charge in [0, 0.05) is 5.92 Å². The maximum Gasteiger partial charge on any atom is 0.115 e. The van der Waals surface area contributed by atoms with Gasteiger partial charge in [0.1, 0.15) is 5.76 Å². The van der Waals surface area contributed by atoms with Gasteiger partial charge in [-0.15, -0.1) is 0 Å². The number of ether oxygens (including phenoxy) is 1. The molecule has 1 unspecified atom stereocenters. The maximum atomic E-state index is 5.19. The Kier molecular flexibility index (Phi) is 1.72. The van der Waals surface area contributed by atoms with Crippen LogP contribution in [0.3, 0.4) is 0 Å². The zero-order chi connectivity index (χ0) is 7.68. The summed E-state index contributed by atoms with van der Waals surface area (Å²) in [6.07, 6.45) is 9.84. The lowest BCUT2D eigenvalue weighted by molar-refractivity contribution is 0.306. The van der Waals surface area contributed by atoms with Crippen LogP contribution in [0.15, 0.2) is 23.5 Å². The van der Waals surface area contributed by atoms with Crippen LogP contribution < -0.4 is 0 Å². The van der Waals surface area contributed by atoms with Crippen molar-refractivity contribution < 1.29 is 4.74 Å². The summed E-state index contributed by atoms with van der Waals surface area (Å²) in [6, 6.07) is 0. The van der Waals surface area contributed by atoms with E-state index in [0.29, 0.717) is 0 Å². The monoisotopic (exact) mass is 150 g/mol. The van der Waals surface area contributed by atoms with Gasteiger partial charge in [-0.1, -0.05) is 12.0 Å². The van der Waals surface area contributed by atoms with Crippen molar-refractivity contribution >= 4 is 0 Å². The smallest absolute Gasteiger partial charge is 0.115 e. The Hall–Kier alpha value is -0.720. The molecule has 2 rings (SSSR count). The molecule has 1 fully saturated rings. The van der Waals surface area contributed by atoms with E-state index in [1.807, 2.05) is 0 Å². The van der Waals surface area contributed by atoms with Gasteiger partial charge in [-0.2, -0.15) is 0 Å². The molecule has 0 aromatic heterocycles. The number of hydrogen-bond acceptors (Lipinski definition) is 1. The maximum absolute atomic E-state index is 5.19. The van der Waals surface area contributed by atoms with Crippen molar-refractivity contribution in [3.05, 3.63) is 23.5 Å². The summed E-state index contributed by atoms with van der Waals surface area (Å²) < 4.78 is 5.19. The highest BCUT2D eigenvalue weighted by Crippen LogP contribution is 2.36. The Labute approximate surface area is 67.7 Å². The second-order valence-corrected chi connectivity index (χ2v) is 3.34. The highest BCUT2D eigenvalue weighted by atomic mass is 16.5. The second kappa shape index (κ2) is 2.72. The summed E-state index contributed by atoms with van der Waals surface area (Å²) in [5, 5.41) is 0. The van der Waals surface area contributed by atoms with E-state index in [1.54, 1.807) is 12.7 Å². The number of methoxy groups -OCH3 is 1. The minimum absolute atomic E-state index is 0.721. The Morgan fingerprint density at radius 3 is 3.09 bits per heavy atom. The van der Waals surface area contributed by atoms with E-state index in [1.165, 1.54) is 25.7 Å². The molecule has 0 aliphatic heterocycles. The molecule has 0 saturated heterocycles. The molecule has 0 amide bonds. The van der Waals surface area contributed by atoms with Gasteiger partial charge < -0.3 is 4.74 Å². The third-order valence-corrected chi connectivity index (χ3v) is 2.64. The predicted molar refractivity (Wildman–Crippen MR) is 45.1 cm³/mol. The third kappa shape index (κ3) is 1.20. The number of fused-ring (bicyclic) bond motifs is 1. The molecule has 0 N–H and O–H groups in total. The summed E-state index contributed by atoms with van der Waals surface area (Å²) in [5.74, 6) is 1.80. The summed E-state index contributed by atoms with van der Waals surface area (Å²) in [5.41, 5.74) is 1.59. The normalized spacial score (nSPS) is 29.0. The first-order chi connectivity index (χ1) is 5.40. The lowest BCUT2D eigenvalue weighted by Crippen LogP contribution is -2.03. The van der Waals surface area contributed by atoms with Crippen LogP contribution in [0.4, 0.5) is 0 Å². The molecule has 0 aromatic rings. The van der Waals surface area contributed by atoms with Crippen molar-refractivity contribution in [2.75, 3.05) is 7.11 Å². The molecule has 0 spiro atoms. The lowest BCUT2D eigenvalue weighted by atomic mass is 9.87. The van der Waals surface area contributed by atoms with Crippen LogP contribution in [0.25, 0.3) is 0 Å². The molecule has 0 radical (unpaired) electrons. The van der Waals surface area contributed by atoms with E-state index in [2.05, 4.69) is 12.2 Å². The Morgan fingerprint density at radius 1 is 1.45 bits per heavy atom. The van der Waals surface area contributed by atoms with Crippen molar-refractivity contribution in [1.82, 2.24) is 0 Å². The van der Waals surface area contributed by atoms with E-state index < -0.39 is 0 Å². The SMILES string of the molecule is COC1=CC2CCCCC2=C1. The Balaban J connectivity index is 2.14. The number of hydrogen-bond donors (Lipinski definition) is 0. The van der Waals surface area contributed by atoms with E-state index in [0.717, 1.165) is 11.7 Å². The van der Waals surface area contributed by atoms with E-state index in [-0.39, 0.29) is 0 Å². The quantitative estimate of drug-likeness (QED) is 0.558. The Bertz CT molecular complexity index is 213. The van der Waals surface area contributed by atoms with Crippen LogP contribution in [-0.4, -0.2) is 7.11 Å². The molecule has 1 nitrogen and oxygen atoms in total. The molecule has 1 atom stereocenters. The molecular formula is C10H14O. The van der Waals surface area contributed by atoms with Gasteiger partial charge in [-0.05, 0) is 31.4 Å². The zero-order valence-electron chi connectivity index (χ0n) is 6.97. The first-order valence-corrected chi connectivity index (χ1v) is 4.36. The standard InChI is InChI=1S/C10H14O/c1-11-10-6-8-4-2-3-5-9(8)7-10/h6-8H,2-5H2,1H3. The summed E-state index contributed by atoms with van der Waals surface area (Å²) >= 11 is 0. The van der Waals surface area contributed by atoms with Crippen molar-refractivity contribution in [3.63, 3.8) is 0 Å². The van der Waals surface area contributed by atoms with Crippen molar-refractivity contribution in [2.45, 2.75) is 25.7 Å². The van der Waals surface area contributed by atoms with Gasteiger partial charge in [0.05, 0.1) is 7.11 Å². The minimum Gasteiger partial charge on any atom is -0.497 e. The largest absolute Gasteiger partial charge is 0.497 e.